The van der Waals surface area contributed by atoms with Crippen LogP contribution in [0.4, 0.5) is 0 Å². The van der Waals surface area contributed by atoms with Crippen molar-refractivity contribution in [2.24, 2.45) is 17.8 Å². The van der Waals surface area contributed by atoms with Crippen molar-refractivity contribution in [3.63, 3.8) is 0 Å². The van der Waals surface area contributed by atoms with Crippen molar-refractivity contribution in [2.75, 3.05) is 0 Å². The zero-order valence-corrected chi connectivity index (χ0v) is 8.25. The van der Waals surface area contributed by atoms with Gasteiger partial charge in [-0.15, -0.1) is 0 Å². The molecule has 0 radical (unpaired) electrons. The summed E-state index contributed by atoms with van der Waals surface area (Å²) in [6, 6.07) is -0.444. The lowest BCUT2D eigenvalue weighted by molar-refractivity contribution is -0.556. The highest BCUT2D eigenvalue weighted by molar-refractivity contribution is 5.44. The summed E-state index contributed by atoms with van der Waals surface area (Å²) >= 11 is 0. The average Bonchev–Trinajstić information content (AvgIpc) is 2.51. The van der Waals surface area contributed by atoms with Crippen LogP contribution < -0.4 is 10.6 Å². The molecule has 2 bridgehead atoms. The number of nitrogens with zero attached hydrogens (tertiary/aromatic N) is 2. The largest absolute Gasteiger partial charge is 0.278 e. The number of aromatic nitrogens is 2. The Morgan fingerprint density at radius 3 is 2.93 bits per heavy atom. The molecule has 78 valence electrons. The Morgan fingerprint density at radius 1 is 1.47 bits per heavy atom. The summed E-state index contributed by atoms with van der Waals surface area (Å²) in [5, 5.41) is 19.6. The van der Waals surface area contributed by atoms with E-state index in [1.165, 1.54) is 0 Å². The van der Waals surface area contributed by atoms with Crippen molar-refractivity contribution in [1.29, 1.82) is 0 Å². The van der Waals surface area contributed by atoms with E-state index in [0.29, 0.717) is 5.92 Å². The molecule has 0 saturated heterocycles. The number of nitro groups is 1. The molecule has 4 atom stereocenters. The van der Waals surface area contributed by atoms with E-state index in [1.54, 1.807) is 6.20 Å². The Balaban J connectivity index is 2.17. The van der Waals surface area contributed by atoms with Gasteiger partial charge in [0, 0.05) is 16.1 Å². The van der Waals surface area contributed by atoms with E-state index in [1.807, 2.05) is 12.2 Å². The molecule has 1 N–H and O–H groups in total. The lowest BCUT2D eigenvalue weighted by Gasteiger charge is -2.40. The molecule has 15 heavy (non-hydrogen) atoms. The number of H-pyrrole nitrogens is 1. The van der Waals surface area contributed by atoms with Crippen molar-refractivity contribution in [3.05, 3.63) is 26.9 Å². The summed E-state index contributed by atoms with van der Waals surface area (Å²) in [7, 11) is 0. The molecule has 4 unspecified atom stereocenters. The Kier molecular flexibility index (Phi) is 1.55. The van der Waals surface area contributed by atoms with Crippen LogP contribution in [0, 0.1) is 27.9 Å². The number of rotatable bonds is 1. The molecule has 1 aromatic heterocycles. The summed E-state index contributed by atoms with van der Waals surface area (Å²) in [5.74, 6) is 0.462. The highest BCUT2D eigenvalue weighted by Crippen LogP contribution is 2.44. The maximum Gasteiger partial charge on any atom is 0.226 e. The van der Waals surface area contributed by atoms with Crippen LogP contribution in [0.15, 0.2) is 6.20 Å². The predicted molar refractivity (Wildman–Crippen MR) is 53.7 cm³/mol. The third kappa shape index (κ3) is 1.00. The van der Waals surface area contributed by atoms with Gasteiger partial charge in [0.25, 0.3) is 0 Å². The summed E-state index contributed by atoms with van der Waals surface area (Å²) < 4.78 is 0. The fourth-order valence-corrected chi connectivity index (χ4v) is 2.74. The molecule has 3 aliphatic carbocycles. The van der Waals surface area contributed by atoms with Gasteiger partial charge in [-0.05, 0) is 12.0 Å². The number of hydrogen-bond acceptors (Lipinski definition) is 3. The van der Waals surface area contributed by atoms with Crippen LogP contribution >= 0.6 is 0 Å². The highest BCUT2D eigenvalue weighted by atomic mass is 16.6. The van der Waals surface area contributed by atoms with E-state index in [9.17, 15) is 10.1 Å². The molecule has 3 aliphatic rings. The third-order valence-electron chi connectivity index (χ3n) is 3.68. The number of nitrogens with one attached hydrogen (secondary N) is 1. The van der Waals surface area contributed by atoms with Gasteiger partial charge in [0.1, 0.15) is 0 Å². The van der Waals surface area contributed by atoms with Crippen LogP contribution in [0.1, 0.15) is 6.92 Å². The molecule has 0 amide bonds. The minimum absolute atomic E-state index is 0.0444. The van der Waals surface area contributed by atoms with E-state index in [-0.39, 0.29) is 16.8 Å². The summed E-state index contributed by atoms with van der Waals surface area (Å²) in [6.07, 6.45) is 5.67. The lowest BCUT2D eigenvalue weighted by Crippen LogP contribution is -2.51. The molecular weight excluding hydrogens is 194 g/mol. The van der Waals surface area contributed by atoms with E-state index in [0.717, 1.165) is 10.6 Å². The first-order valence-corrected chi connectivity index (χ1v) is 5.05. The fraction of sp³-hybridized carbons (Fsp3) is 0.500. The topological polar surface area (TPSA) is 71.8 Å². The molecule has 0 spiro atoms. The van der Waals surface area contributed by atoms with Crippen molar-refractivity contribution in [2.45, 2.75) is 13.0 Å². The van der Waals surface area contributed by atoms with Crippen LogP contribution in [0.2, 0.25) is 0 Å². The van der Waals surface area contributed by atoms with Crippen molar-refractivity contribution >= 4 is 12.2 Å². The van der Waals surface area contributed by atoms with Crippen LogP contribution in [0.25, 0.3) is 12.2 Å². The molecular formula is C10H11N3O2. The summed E-state index contributed by atoms with van der Waals surface area (Å²) in [6.45, 7) is 2.07. The number of aromatic amines is 1. The zero-order valence-electron chi connectivity index (χ0n) is 8.25. The molecule has 5 heteroatoms. The first-order valence-electron chi connectivity index (χ1n) is 5.05. The van der Waals surface area contributed by atoms with Crippen molar-refractivity contribution in [3.8, 4) is 0 Å². The standard InChI is InChI=1S/C10H11N3O2/c1-5-7-2-6-4-11-12-9(6)3-8(5)10(7)13(14)15/h2-5,7-8,10,12H,1H3. The first-order chi connectivity index (χ1) is 7.18. The molecule has 1 fully saturated rings. The number of hydrogen-bond donors (Lipinski definition) is 1. The molecule has 0 aromatic carbocycles. The Labute approximate surface area is 85.6 Å². The molecule has 1 heterocycles. The Hall–Kier alpha value is -1.65. The zero-order chi connectivity index (χ0) is 10.6. The van der Waals surface area contributed by atoms with Gasteiger partial charge in [0.2, 0.25) is 6.04 Å². The fourth-order valence-electron chi connectivity index (χ4n) is 2.74. The second-order valence-electron chi connectivity index (χ2n) is 4.36. The Bertz CT molecular complexity index is 495. The smallest absolute Gasteiger partial charge is 0.226 e. The molecule has 1 saturated carbocycles. The quantitative estimate of drug-likeness (QED) is 0.497. The summed E-state index contributed by atoms with van der Waals surface area (Å²) in [5.41, 5.74) is 0. The predicted octanol–water partition coefficient (Wildman–Crippen LogP) is -0.488. The molecule has 5 nitrogen and oxygen atoms in total. The highest BCUT2D eigenvalue weighted by Gasteiger charge is 2.54. The molecule has 1 aromatic rings. The Morgan fingerprint density at radius 2 is 2.20 bits per heavy atom. The molecule has 0 aliphatic heterocycles. The van der Waals surface area contributed by atoms with Crippen molar-refractivity contribution in [1.82, 2.24) is 10.2 Å². The van der Waals surface area contributed by atoms with Gasteiger partial charge >= 0.3 is 0 Å². The van der Waals surface area contributed by atoms with Crippen LogP contribution in [0.5, 0.6) is 0 Å². The molecule has 4 rings (SSSR count). The van der Waals surface area contributed by atoms with Gasteiger partial charge in [-0.1, -0.05) is 13.0 Å². The maximum atomic E-state index is 10.9. The van der Waals surface area contributed by atoms with E-state index >= 15 is 0 Å². The van der Waals surface area contributed by atoms with E-state index < -0.39 is 6.04 Å². The second-order valence-corrected chi connectivity index (χ2v) is 4.36. The monoisotopic (exact) mass is 205 g/mol. The second kappa shape index (κ2) is 2.68. The van der Waals surface area contributed by atoms with Crippen molar-refractivity contribution < 1.29 is 4.92 Å². The SMILES string of the molecule is CC1C2C=c3cn[nH]c3=CC1C2[N+](=O)[O-]. The van der Waals surface area contributed by atoms with Gasteiger partial charge < -0.3 is 0 Å². The summed E-state index contributed by atoms with van der Waals surface area (Å²) in [4.78, 5) is 10.8. The third-order valence-corrected chi connectivity index (χ3v) is 3.68. The lowest BCUT2D eigenvalue weighted by atomic mass is 9.62. The van der Waals surface area contributed by atoms with Gasteiger partial charge in [0.05, 0.1) is 17.5 Å². The van der Waals surface area contributed by atoms with E-state index in [4.69, 9.17) is 0 Å². The normalized spacial score (nSPS) is 36.6. The minimum atomic E-state index is -0.444. The van der Waals surface area contributed by atoms with Gasteiger partial charge in [0.15, 0.2) is 0 Å². The first kappa shape index (κ1) is 8.64. The van der Waals surface area contributed by atoms with Crippen LogP contribution in [-0.2, 0) is 0 Å². The van der Waals surface area contributed by atoms with Gasteiger partial charge in [-0.2, -0.15) is 5.10 Å². The van der Waals surface area contributed by atoms with Gasteiger partial charge in [-0.25, -0.2) is 0 Å². The van der Waals surface area contributed by atoms with E-state index in [2.05, 4.69) is 17.1 Å². The minimum Gasteiger partial charge on any atom is -0.278 e. The average molecular weight is 205 g/mol. The maximum absolute atomic E-state index is 10.9. The van der Waals surface area contributed by atoms with Gasteiger partial charge in [-0.3, -0.25) is 15.2 Å². The van der Waals surface area contributed by atoms with Crippen LogP contribution in [-0.4, -0.2) is 21.2 Å². The van der Waals surface area contributed by atoms with Crippen LogP contribution in [0.3, 0.4) is 0 Å².